The van der Waals surface area contributed by atoms with Gasteiger partial charge in [0.05, 0.1) is 0 Å². The normalized spacial score (nSPS) is 23.0. The molecule has 0 aromatic heterocycles. The van der Waals surface area contributed by atoms with E-state index in [4.69, 9.17) is 0 Å². The molecule has 1 N–H and O–H groups in total. The van der Waals surface area contributed by atoms with Gasteiger partial charge in [0.2, 0.25) is 0 Å². The van der Waals surface area contributed by atoms with E-state index in [9.17, 15) is 5.11 Å². The van der Waals surface area contributed by atoms with Crippen molar-refractivity contribution in [2.24, 2.45) is 5.41 Å². The Morgan fingerprint density at radius 1 is 1.17 bits per heavy atom. The van der Waals surface area contributed by atoms with Crippen LogP contribution < -0.4 is 0 Å². The number of hydrogen-bond donors (Lipinski definition) is 1. The number of rotatable bonds is 3. The van der Waals surface area contributed by atoms with Crippen molar-refractivity contribution in [3.05, 3.63) is 0 Å². The fourth-order valence-electron chi connectivity index (χ4n) is 2.64. The molecule has 1 nitrogen and oxygen atoms in total. The summed E-state index contributed by atoms with van der Waals surface area (Å²) in [5.41, 5.74) is 0.338. The highest BCUT2D eigenvalue weighted by Gasteiger charge is 2.37. The third-order valence-electron chi connectivity index (χ3n) is 2.90. The summed E-state index contributed by atoms with van der Waals surface area (Å²) in [6.45, 7) is 7.64. The Balaban J connectivity index is 2.55. The van der Waals surface area contributed by atoms with Gasteiger partial charge in [0, 0.05) is 14.7 Å². The topological polar surface area (TPSA) is 20.2 Å². The standard InChI is InChI=1S/C10H22OSi/c1-12(2,3)9-10(8-11)6-4-5-7-10/h11H,4-9H2,1-3H3. The summed E-state index contributed by atoms with van der Waals surface area (Å²) >= 11 is 0. The van der Waals surface area contributed by atoms with E-state index in [0.29, 0.717) is 12.0 Å². The zero-order valence-electron chi connectivity index (χ0n) is 8.69. The summed E-state index contributed by atoms with van der Waals surface area (Å²) in [5.74, 6) is 0. The van der Waals surface area contributed by atoms with Gasteiger partial charge in [-0.05, 0) is 24.3 Å². The Labute approximate surface area is 77.2 Å². The van der Waals surface area contributed by atoms with Gasteiger partial charge in [0.25, 0.3) is 0 Å². The van der Waals surface area contributed by atoms with Crippen molar-refractivity contribution in [2.75, 3.05) is 6.61 Å². The molecule has 0 bridgehead atoms. The number of aliphatic hydroxyl groups excluding tert-OH is 1. The molecule has 0 aromatic carbocycles. The molecule has 0 heterocycles. The van der Waals surface area contributed by atoms with Crippen molar-refractivity contribution in [1.82, 2.24) is 0 Å². The Kier molecular flexibility index (Phi) is 3.00. The molecular weight excluding hydrogens is 164 g/mol. The highest BCUT2D eigenvalue weighted by molar-refractivity contribution is 6.76. The van der Waals surface area contributed by atoms with Crippen LogP contribution in [0.25, 0.3) is 0 Å². The van der Waals surface area contributed by atoms with Crippen LogP contribution in [0.15, 0.2) is 0 Å². The second kappa shape index (κ2) is 3.50. The van der Waals surface area contributed by atoms with Crippen molar-refractivity contribution in [1.29, 1.82) is 0 Å². The molecule has 1 rings (SSSR count). The van der Waals surface area contributed by atoms with Crippen molar-refractivity contribution >= 4 is 8.07 Å². The molecule has 1 fully saturated rings. The predicted molar refractivity (Wildman–Crippen MR) is 56.1 cm³/mol. The highest BCUT2D eigenvalue weighted by atomic mass is 28.3. The minimum atomic E-state index is -0.976. The van der Waals surface area contributed by atoms with E-state index in [1.807, 2.05) is 0 Å². The number of aliphatic hydroxyl groups is 1. The van der Waals surface area contributed by atoms with Gasteiger partial charge in [-0.15, -0.1) is 0 Å². The zero-order valence-corrected chi connectivity index (χ0v) is 9.69. The van der Waals surface area contributed by atoms with Crippen LogP contribution in [-0.2, 0) is 0 Å². The highest BCUT2D eigenvalue weighted by Crippen LogP contribution is 2.43. The first-order valence-corrected chi connectivity index (χ1v) is 8.79. The van der Waals surface area contributed by atoms with Crippen LogP contribution in [0.5, 0.6) is 0 Å². The van der Waals surface area contributed by atoms with Crippen LogP contribution in [-0.4, -0.2) is 19.8 Å². The molecule has 0 atom stereocenters. The molecule has 1 aliphatic rings. The molecule has 1 saturated carbocycles. The van der Waals surface area contributed by atoms with Crippen molar-refractivity contribution in [3.8, 4) is 0 Å². The van der Waals surface area contributed by atoms with Gasteiger partial charge in [-0.3, -0.25) is 0 Å². The SMILES string of the molecule is C[Si](C)(C)CC1(CO)CCCC1. The van der Waals surface area contributed by atoms with Crippen molar-refractivity contribution < 1.29 is 5.11 Å². The average molecular weight is 186 g/mol. The fourth-order valence-corrected chi connectivity index (χ4v) is 5.36. The molecule has 0 saturated heterocycles. The molecule has 1 aliphatic carbocycles. The largest absolute Gasteiger partial charge is 0.396 e. The number of hydrogen-bond acceptors (Lipinski definition) is 1. The molecular formula is C10H22OSi. The molecule has 72 valence electrons. The van der Waals surface area contributed by atoms with Gasteiger partial charge in [0.1, 0.15) is 0 Å². The first-order valence-electron chi connectivity index (χ1n) is 5.08. The van der Waals surface area contributed by atoms with Crippen LogP contribution in [0.2, 0.25) is 25.7 Å². The maximum Gasteiger partial charge on any atom is 0.0484 e. The second-order valence-electron chi connectivity index (χ2n) is 5.60. The summed E-state index contributed by atoms with van der Waals surface area (Å²) in [6.07, 6.45) is 5.22. The Morgan fingerprint density at radius 2 is 1.67 bits per heavy atom. The van der Waals surface area contributed by atoms with E-state index in [0.717, 1.165) is 0 Å². The molecule has 0 aliphatic heterocycles. The summed E-state index contributed by atoms with van der Waals surface area (Å²) in [4.78, 5) is 0. The second-order valence-corrected chi connectivity index (χ2v) is 11.1. The summed E-state index contributed by atoms with van der Waals surface area (Å²) < 4.78 is 0. The fraction of sp³-hybridized carbons (Fsp3) is 1.00. The molecule has 0 aromatic rings. The minimum Gasteiger partial charge on any atom is -0.396 e. The zero-order chi connectivity index (χ0) is 9.24. The summed E-state index contributed by atoms with van der Waals surface area (Å²) in [5, 5.41) is 9.40. The summed E-state index contributed by atoms with van der Waals surface area (Å²) in [7, 11) is -0.976. The Hall–Kier alpha value is 0.177. The third-order valence-corrected chi connectivity index (χ3v) is 4.72. The van der Waals surface area contributed by atoms with Gasteiger partial charge in [0.15, 0.2) is 0 Å². The predicted octanol–water partition coefficient (Wildman–Crippen LogP) is 2.88. The van der Waals surface area contributed by atoms with Crippen LogP contribution in [0, 0.1) is 5.41 Å². The van der Waals surface area contributed by atoms with Crippen LogP contribution >= 0.6 is 0 Å². The smallest absolute Gasteiger partial charge is 0.0484 e. The Bertz CT molecular complexity index is 142. The lowest BCUT2D eigenvalue weighted by molar-refractivity contribution is 0.147. The van der Waals surface area contributed by atoms with E-state index in [2.05, 4.69) is 19.6 Å². The van der Waals surface area contributed by atoms with Gasteiger partial charge in [-0.2, -0.15) is 0 Å². The third kappa shape index (κ3) is 2.59. The molecule has 12 heavy (non-hydrogen) atoms. The van der Waals surface area contributed by atoms with Crippen LogP contribution in [0.3, 0.4) is 0 Å². The first-order chi connectivity index (χ1) is 5.47. The monoisotopic (exact) mass is 186 g/mol. The first kappa shape index (κ1) is 10.3. The molecule has 0 unspecified atom stereocenters. The quantitative estimate of drug-likeness (QED) is 0.672. The van der Waals surface area contributed by atoms with Crippen molar-refractivity contribution in [2.45, 2.75) is 51.4 Å². The summed E-state index contributed by atoms with van der Waals surface area (Å²) in [6, 6.07) is 1.32. The average Bonchev–Trinajstić information content (AvgIpc) is 2.34. The van der Waals surface area contributed by atoms with E-state index in [1.165, 1.54) is 31.7 Å². The molecule has 0 radical (unpaired) electrons. The molecule has 2 heteroatoms. The molecule has 0 spiro atoms. The lowest BCUT2D eigenvalue weighted by Crippen LogP contribution is -2.33. The van der Waals surface area contributed by atoms with Gasteiger partial charge in [-0.25, -0.2) is 0 Å². The van der Waals surface area contributed by atoms with E-state index >= 15 is 0 Å². The van der Waals surface area contributed by atoms with Gasteiger partial charge < -0.3 is 5.11 Å². The van der Waals surface area contributed by atoms with Gasteiger partial charge in [-0.1, -0.05) is 32.5 Å². The van der Waals surface area contributed by atoms with Gasteiger partial charge >= 0.3 is 0 Å². The van der Waals surface area contributed by atoms with Crippen LogP contribution in [0.1, 0.15) is 25.7 Å². The Morgan fingerprint density at radius 3 is 2.00 bits per heavy atom. The maximum atomic E-state index is 9.40. The van der Waals surface area contributed by atoms with E-state index < -0.39 is 8.07 Å². The maximum absolute atomic E-state index is 9.40. The van der Waals surface area contributed by atoms with E-state index in [1.54, 1.807) is 0 Å². The lowest BCUT2D eigenvalue weighted by Gasteiger charge is -2.32. The molecule has 0 amide bonds. The van der Waals surface area contributed by atoms with Crippen LogP contribution in [0.4, 0.5) is 0 Å². The minimum absolute atomic E-state index is 0.338. The van der Waals surface area contributed by atoms with E-state index in [-0.39, 0.29) is 0 Å². The lowest BCUT2D eigenvalue weighted by atomic mass is 9.90. The van der Waals surface area contributed by atoms with Crippen molar-refractivity contribution in [3.63, 3.8) is 0 Å².